The predicted octanol–water partition coefficient (Wildman–Crippen LogP) is 4.31. The second kappa shape index (κ2) is 23.3. The van der Waals surface area contributed by atoms with Gasteiger partial charge in [-0.15, -0.1) is 0 Å². The monoisotopic (exact) mass is 440 g/mol. The fraction of sp³-hybridized carbons (Fsp3) is 0.913. The minimum atomic E-state index is -4.60. The summed E-state index contributed by atoms with van der Waals surface area (Å²) in [5.74, 6) is 0.0217. The van der Waals surface area contributed by atoms with Crippen molar-refractivity contribution in [3.63, 3.8) is 0 Å². The van der Waals surface area contributed by atoms with E-state index in [0.717, 1.165) is 25.7 Å². The van der Waals surface area contributed by atoms with Gasteiger partial charge in [0.05, 0.1) is 6.61 Å². The van der Waals surface area contributed by atoms with E-state index in [9.17, 15) is 13.0 Å². The van der Waals surface area contributed by atoms with Gasteiger partial charge >= 0.3 is 29.6 Å². The zero-order chi connectivity index (χ0) is 20.9. The van der Waals surface area contributed by atoms with Crippen LogP contribution in [0.4, 0.5) is 0 Å². The van der Waals surface area contributed by atoms with Crippen LogP contribution in [0.2, 0.25) is 0 Å². The molecule has 0 spiro atoms. The fourth-order valence-corrected chi connectivity index (χ4v) is 3.80. The molecule has 0 aromatic carbocycles. The van der Waals surface area contributed by atoms with Gasteiger partial charge in [0.1, 0.15) is 0 Å². The quantitative estimate of drug-likeness (QED) is 0.0877. The topological polar surface area (TPSA) is 66.4 Å². The molecule has 1 unspecified atom stereocenters. The van der Waals surface area contributed by atoms with Crippen LogP contribution in [0.5, 0.6) is 0 Å². The van der Waals surface area contributed by atoms with E-state index in [-0.39, 0.29) is 42.1 Å². The van der Waals surface area contributed by atoms with Gasteiger partial charge in [0.15, 0.2) is 0 Å². The third kappa shape index (κ3) is 26.6. The van der Waals surface area contributed by atoms with Crippen molar-refractivity contribution in [2.45, 2.75) is 123 Å². The van der Waals surface area contributed by atoms with Crippen molar-refractivity contribution >= 4 is 10.4 Å². The van der Waals surface area contributed by atoms with E-state index in [1.54, 1.807) is 0 Å². The molecule has 0 radical (unpaired) electrons. The summed E-state index contributed by atoms with van der Waals surface area (Å²) in [6.45, 7) is 4.43. The normalized spacial score (nSPS) is 12.9. The maximum absolute atomic E-state index is 10.7. The number of unbranched alkanes of at least 4 members (excludes halogenated alkanes) is 14. The van der Waals surface area contributed by atoms with Gasteiger partial charge in [0.25, 0.3) is 0 Å². The Hall–Kier alpha value is 0.610. The van der Waals surface area contributed by atoms with Crippen LogP contribution in [-0.4, -0.2) is 19.6 Å². The van der Waals surface area contributed by atoms with Gasteiger partial charge in [0.2, 0.25) is 10.4 Å². The standard InChI is InChI=1S/C23H46O4S.Na/c1-3-5-7-9-11-12-13-14-15-17-19-21-23(22-27-28(24,25)26)20-18-16-10-8-6-4-2;/h18,20,23H,3-17,19,21-22H2,1-2H3,(H,24,25,26);/q;+1/p-1/b20-18+;. The molecule has 0 saturated carbocycles. The minimum absolute atomic E-state index is 0. The first-order valence-corrected chi connectivity index (χ1v) is 13.1. The summed E-state index contributed by atoms with van der Waals surface area (Å²) < 4.78 is 36.7. The first-order valence-electron chi connectivity index (χ1n) is 11.8. The van der Waals surface area contributed by atoms with Crippen LogP contribution < -0.4 is 29.6 Å². The molecule has 0 saturated heterocycles. The van der Waals surface area contributed by atoms with Crippen LogP contribution >= 0.6 is 0 Å². The molecule has 0 heterocycles. The Labute approximate surface area is 203 Å². The molecule has 0 bridgehead atoms. The van der Waals surface area contributed by atoms with Crippen molar-refractivity contribution in [1.29, 1.82) is 0 Å². The first kappa shape index (κ1) is 31.8. The molecule has 0 aliphatic rings. The molecule has 1 atom stereocenters. The van der Waals surface area contributed by atoms with Gasteiger partial charge in [-0.3, -0.25) is 4.18 Å². The molecule has 0 aliphatic heterocycles. The Morgan fingerprint density at radius 2 is 1.21 bits per heavy atom. The third-order valence-electron chi connectivity index (χ3n) is 5.24. The molecule has 0 aromatic heterocycles. The Morgan fingerprint density at radius 1 is 0.759 bits per heavy atom. The smallest absolute Gasteiger partial charge is 0.726 e. The van der Waals surface area contributed by atoms with Crippen molar-refractivity contribution in [2.75, 3.05) is 6.61 Å². The SMILES string of the molecule is CCCCCC/C=C/C(CCCCCCCCCCCCC)COS(=O)(=O)[O-].[Na+]. The number of allylic oxidation sites excluding steroid dienone is 1. The van der Waals surface area contributed by atoms with Gasteiger partial charge < -0.3 is 4.55 Å². The van der Waals surface area contributed by atoms with Crippen molar-refractivity contribution in [3.05, 3.63) is 12.2 Å². The van der Waals surface area contributed by atoms with Crippen LogP contribution in [0.1, 0.15) is 123 Å². The second-order valence-corrected chi connectivity index (χ2v) is 9.11. The summed E-state index contributed by atoms with van der Waals surface area (Å²) in [6.07, 6.45) is 25.2. The van der Waals surface area contributed by atoms with Crippen LogP contribution in [-0.2, 0) is 14.6 Å². The van der Waals surface area contributed by atoms with E-state index in [1.807, 2.05) is 6.08 Å². The summed E-state index contributed by atoms with van der Waals surface area (Å²) in [5, 5.41) is 0. The van der Waals surface area contributed by atoms with Gasteiger partial charge in [-0.1, -0.05) is 116 Å². The van der Waals surface area contributed by atoms with E-state index in [0.29, 0.717) is 0 Å². The molecule has 6 heteroatoms. The van der Waals surface area contributed by atoms with Gasteiger partial charge in [0, 0.05) is 5.92 Å². The van der Waals surface area contributed by atoms with E-state index < -0.39 is 10.4 Å². The Balaban J connectivity index is 0. The summed E-state index contributed by atoms with van der Waals surface area (Å²) >= 11 is 0. The molecular weight excluding hydrogens is 395 g/mol. The average molecular weight is 441 g/mol. The molecule has 0 fully saturated rings. The Kier molecular flexibility index (Phi) is 25.5. The predicted molar refractivity (Wildman–Crippen MR) is 118 cm³/mol. The van der Waals surface area contributed by atoms with E-state index in [4.69, 9.17) is 0 Å². The number of rotatable bonds is 21. The zero-order valence-corrected chi connectivity index (χ0v) is 22.3. The van der Waals surface area contributed by atoms with E-state index in [2.05, 4.69) is 24.1 Å². The fourth-order valence-electron chi connectivity index (χ4n) is 3.45. The van der Waals surface area contributed by atoms with Crippen LogP contribution in [0.15, 0.2) is 12.2 Å². The van der Waals surface area contributed by atoms with Crippen LogP contribution in [0.3, 0.4) is 0 Å². The molecule has 29 heavy (non-hydrogen) atoms. The van der Waals surface area contributed by atoms with Gasteiger partial charge in [-0.25, -0.2) is 8.42 Å². The average Bonchev–Trinajstić information content (AvgIpc) is 2.65. The summed E-state index contributed by atoms with van der Waals surface area (Å²) in [7, 11) is -4.60. The van der Waals surface area contributed by atoms with Crippen molar-refractivity contribution in [3.8, 4) is 0 Å². The molecule has 4 nitrogen and oxygen atoms in total. The summed E-state index contributed by atoms with van der Waals surface area (Å²) in [5.41, 5.74) is 0. The largest absolute Gasteiger partial charge is 1.00 e. The van der Waals surface area contributed by atoms with Crippen LogP contribution in [0, 0.1) is 5.92 Å². The van der Waals surface area contributed by atoms with Crippen molar-refractivity contribution in [1.82, 2.24) is 0 Å². The molecule has 168 valence electrons. The maximum Gasteiger partial charge on any atom is 1.00 e. The zero-order valence-electron chi connectivity index (χ0n) is 19.5. The molecule has 0 N–H and O–H groups in total. The van der Waals surface area contributed by atoms with Gasteiger partial charge in [-0.05, 0) is 19.3 Å². The maximum atomic E-state index is 10.7. The molecule has 0 aromatic rings. The Bertz CT molecular complexity index is 452. The first-order chi connectivity index (χ1) is 13.5. The van der Waals surface area contributed by atoms with Crippen LogP contribution in [0.25, 0.3) is 0 Å². The molecule has 0 amide bonds. The summed E-state index contributed by atoms with van der Waals surface area (Å²) in [4.78, 5) is 0. The Morgan fingerprint density at radius 3 is 1.69 bits per heavy atom. The van der Waals surface area contributed by atoms with E-state index in [1.165, 1.54) is 83.5 Å². The van der Waals surface area contributed by atoms with Crippen molar-refractivity contribution < 1.29 is 46.7 Å². The summed E-state index contributed by atoms with van der Waals surface area (Å²) in [6, 6.07) is 0. The van der Waals surface area contributed by atoms with E-state index >= 15 is 0 Å². The minimum Gasteiger partial charge on any atom is -0.726 e. The van der Waals surface area contributed by atoms with Gasteiger partial charge in [-0.2, -0.15) is 0 Å². The molecule has 0 aliphatic carbocycles. The second-order valence-electron chi connectivity index (χ2n) is 8.05. The third-order valence-corrected chi connectivity index (χ3v) is 5.66. The molecule has 0 rings (SSSR count). The van der Waals surface area contributed by atoms with Crippen molar-refractivity contribution in [2.24, 2.45) is 5.92 Å². The number of hydrogen-bond acceptors (Lipinski definition) is 4. The number of hydrogen-bond donors (Lipinski definition) is 0. The molecular formula is C23H45NaO4S.